The summed E-state index contributed by atoms with van der Waals surface area (Å²) < 4.78 is 5.58. The molecule has 2 aromatic heterocycles. The van der Waals surface area contributed by atoms with Crippen LogP contribution in [0.4, 0.5) is 5.69 Å². The van der Waals surface area contributed by atoms with E-state index in [1.54, 1.807) is 0 Å². The molecule has 19 heavy (non-hydrogen) atoms. The lowest BCUT2D eigenvalue weighted by molar-refractivity contribution is 0.481. The molecule has 0 aromatic carbocycles. The third-order valence-corrected chi connectivity index (χ3v) is 3.28. The number of anilines is 1. The number of hydrogen-bond acceptors (Lipinski definition) is 4. The van der Waals surface area contributed by atoms with Crippen molar-refractivity contribution in [1.29, 1.82) is 0 Å². The number of hydrogen-bond donors (Lipinski definition) is 1. The molecule has 0 amide bonds. The van der Waals surface area contributed by atoms with E-state index >= 15 is 0 Å². The molecule has 2 rings (SSSR count). The lowest BCUT2D eigenvalue weighted by atomic mass is 10.2. The van der Waals surface area contributed by atoms with Gasteiger partial charge in [-0.05, 0) is 45.2 Å². The summed E-state index contributed by atoms with van der Waals surface area (Å²) in [6, 6.07) is 8.41. The van der Waals surface area contributed by atoms with Crippen LogP contribution in [0.5, 0.6) is 0 Å². The van der Waals surface area contributed by atoms with Gasteiger partial charge in [0.15, 0.2) is 0 Å². The Morgan fingerprint density at radius 3 is 2.63 bits per heavy atom. The second-order valence-electron chi connectivity index (χ2n) is 4.82. The van der Waals surface area contributed by atoms with Crippen molar-refractivity contribution in [3.05, 3.63) is 47.7 Å². The van der Waals surface area contributed by atoms with Gasteiger partial charge in [-0.3, -0.25) is 4.98 Å². The van der Waals surface area contributed by atoms with E-state index in [-0.39, 0.29) is 6.04 Å². The molecule has 0 radical (unpaired) electrons. The monoisotopic (exact) mass is 259 g/mol. The maximum Gasteiger partial charge on any atom is 0.123 e. The summed E-state index contributed by atoms with van der Waals surface area (Å²) >= 11 is 0. The first-order chi connectivity index (χ1) is 9.10. The molecule has 0 aliphatic carbocycles. The lowest BCUT2D eigenvalue weighted by Gasteiger charge is -2.18. The molecule has 0 saturated carbocycles. The van der Waals surface area contributed by atoms with Gasteiger partial charge in [-0.15, -0.1) is 0 Å². The van der Waals surface area contributed by atoms with Crippen LogP contribution < -0.4 is 10.2 Å². The van der Waals surface area contributed by atoms with Crippen LogP contribution in [0.25, 0.3) is 0 Å². The molecular weight excluding hydrogens is 238 g/mol. The van der Waals surface area contributed by atoms with E-state index in [1.165, 1.54) is 0 Å². The van der Waals surface area contributed by atoms with Gasteiger partial charge in [-0.2, -0.15) is 0 Å². The Kier molecular flexibility index (Phi) is 4.22. The van der Waals surface area contributed by atoms with Crippen LogP contribution in [0.1, 0.15) is 30.2 Å². The second-order valence-corrected chi connectivity index (χ2v) is 4.82. The lowest BCUT2D eigenvalue weighted by Crippen LogP contribution is -2.17. The van der Waals surface area contributed by atoms with Crippen molar-refractivity contribution < 1.29 is 4.42 Å². The predicted molar refractivity (Wildman–Crippen MR) is 77.3 cm³/mol. The molecule has 0 spiro atoms. The van der Waals surface area contributed by atoms with Gasteiger partial charge in [0, 0.05) is 13.1 Å². The van der Waals surface area contributed by atoms with Crippen molar-refractivity contribution in [1.82, 2.24) is 10.3 Å². The second kappa shape index (κ2) is 5.89. The van der Waals surface area contributed by atoms with Crippen LogP contribution in [-0.2, 0) is 6.54 Å². The molecule has 0 aliphatic rings. The van der Waals surface area contributed by atoms with Crippen LogP contribution in [0.2, 0.25) is 0 Å². The van der Waals surface area contributed by atoms with Gasteiger partial charge in [0.05, 0.1) is 24.1 Å². The van der Waals surface area contributed by atoms with Crippen LogP contribution in [-0.4, -0.2) is 19.1 Å². The van der Waals surface area contributed by atoms with Crippen LogP contribution >= 0.6 is 0 Å². The topological polar surface area (TPSA) is 41.3 Å². The zero-order valence-corrected chi connectivity index (χ0v) is 12.0. The number of rotatable bonds is 5. The molecule has 0 aliphatic heterocycles. The molecule has 0 bridgehead atoms. The Morgan fingerprint density at radius 2 is 2.11 bits per heavy atom. The van der Waals surface area contributed by atoms with Crippen LogP contribution in [0, 0.1) is 6.92 Å². The SMILES string of the molecule is CNC(C)c1ccc(N(C)Cc2ccc(C)o2)cn1. The van der Waals surface area contributed by atoms with E-state index in [0.717, 1.165) is 29.4 Å². The minimum Gasteiger partial charge on any atom is -0.464 e. The first kappa shape index (κ1) is 13.6. The van der Waals surface area contributed by atoms with Crippen molar-refractivity contribution in [2.45, 2.75) is 26.4 Å². The summed E-state index contributed by atoms with van der Waals surface area (Å²) in [4.78, 5) is 6.61. The van der Waals surface area contributed by atoms with Crippen molar-refractivity contribution in [2.75, 3.05) is 19.0 Å². The van der Waals surface area contributed by atoms with Crippen molar-refractivity contribution in [3.8, 4) is 0 Å². The van der Waals surface area contributed by atoms with Crippen molar-refractivity contribution >= 4 is 5.69 Å². The van der Waals surface area contributed by atoms with Gasteiger partial charge in [-0.25, -0.2) is 0 Å². The zero-order chi connectivity index (χ0) is 13.8. The van der Waals surface area contributed by atoms with Crippen LogP contribution in [0.3, 0.4) is 0 Å². The smallest absolute Gasteiger partial charge is 0.123 e. The Labute approximate surface area is 114 Å². The van der Waals surface area contributed by atoms with Gasteiger partial charge in [-0.1, -0.05) is 0 Å². The highest BCUT2D eigenvalue weighted by Gasteiger charge is 2.08. The Hall–Kier alpha value is -1.81. The van der Waals surface area contributed by atoms with Crippen molar-refractivity contribution in [2.24, 2.45) is 0 Å². The van der Waals surface area contributed by atoms with Gasteiger partial charge in [0.2, 0.25) is 0 Å². The summed E-state index contributed by atoms with van der Waals surface area (Å²) in [7, 11) is 3.97. The molecule has 102 valence electrons. The summed E-state index contributed by atoms with van der Waals surface area (Å²) in [6.45, 7) is 4.80. The van der Waals surface area contributed by atoms with Crippen molar-refractivity contribution in [3.63, 3.8) is 0 Å². The minimum atomic E-state index is 0.270. The fraction of sp³-hybridized carbons (Fsp3) is 0.400. The molecule has 2 heterocycles. The highest BCUT2D eigenvalue weighted by Crippen LogP contribution is 2.18. The fourth-order valence-corrected chi connectivity index (χ4v) is 1.92. The molecular formula is C15H21N3O. The summed E-state index contributed by atoms with van der Waals surface area (Å²) in [5.74, 6) is 1.91. The minimum absolute atomic E-state index is 0.270. The molecule has 2 aromatic rings. The highest BCUT2D eigenvalue weighted by molar-refractivity contribution is 5.44. The van der Waals surface area contributed by atoms with E-state index in [2.05, 4.69) is 34.3 Å². The number of pyridine rings is 1. The number of aryl methyl sites for hydroxylation is 1. The van der Waals surface area contributed by atoms with E-state index < -0.39 is 0 Å². The molecule has 1 atom stereocenters. The molecule has 1 N–H and O–H groups in total. The number of nitrogens with zero attached hydrogens (tertiary/aromatic N) is 2. The largest absolute Gasteiger partial charge is 0.464 e. The average Bonchev–Trinajstić information content (AvgIpc) is 2.83. The zero-order valence-electron chi connectivity index (χ0n) is 12.0. The standard InChI is InChI=1S/C15H21N3O/c1-11-5-7-14(19-11)10-18(4)13-6-8-15(17-9-13)12(2)16-3/h5-9,12,16H,10H2,1-4H3. The van der Waals surface area contributed by atoms with E-state index in [0.29, 0.717) is 0 Å². The van der Waals surface area contributed by atoms with Crippen LogP contribution in [0.15, 0.2) is 34.9 Å². The Balaban J connectivity index is 2.05. The molecule has 0 saturated heterocycles. The Bertz CT molecular complexity index is 518. The summed E-state index contributed by atoms with van der Waals surface area (Å²) in [5, 5.41) is 3.18. The highest BCUT2D eigenvalue weighted by atomic mass is 16.3. The van der Waals surface area contributed by atoms with Gasteiger partial charge in [0.25, 0.3) is 0 Å². The maximum absolute atomic E-state index is 5.58. The van der Waals surface area contributed by atoms with E-state index in [4.69, 9.17) is 4.42 Å². The molecule has 1 unspecified atom stereocenters. The summed E-state index contributed by atoms with van der Waals surface area (Å²) in [6.07, 6.45) is 1.90. The maximum atomic E-state index is 5.58. The fourth-order valence-electron chi connectivity index (χ4n) is 1.92. The van der Waals surface area contributed by atoms with Gasteiger partial charge in [0.1, 0.15) is 11.5 Å². The third kappa shape index (κ3) is 3.35. The number of furan rings is 1. The first-order valence-corrected chi connectivity index (χ1v) is 6.50. The van der Waals surface area contributed by atoms with Gasteiger partial charge < -0.3 is 14.6 Å². The molecule has 4 nitrogen and oxygen atoms in total. The quantitative estimate of drug-likeness (QED) is 0.896. The van der Waals surface area contributed by atoms with E-state index in [1.807, 2.05) is 39.3 Å². The normalized spacial score (nSPS) is 12.4. The average molecular weight is 259 g/mol. The van der Waals surface area contributed by atoms with Gasteiger partial charge >= 0.3 is 0 Å². The third-order valence-electron chi connectivity index (χ3n) is 3.28. The summed E-state index contributed by atoms with van der Waals surface area (Å²) in [5.41, 5.74) is 2.13. The molecule has 0 fully saturated rings. The van der Waals surface area contributed by atoms with E-state index in [9.17, 15) is 0 Å². The number of nitrogens with one attached hydrogen (secondary N) is 1. The predicted octanol–water partition coefficient (Wildman–Crippen LogP) is 2.90. The molecule has 4 heteroatoms. The Morgan fingerprint density at radius 1 is 1.32 bits per heavy atom. The number of aromatic nitrogens is 1. The first-order valence-electron chi connectivity index (χ1n) is 6.50.